The minimum Gasteiger partial charge on any atom is -0.339 e. The fourth-order valence-electron chi connectivity index (χ4n) is 2.12. The second-order valence-corrected chi connectivity index (χ2v) is 4.79. The summed E-state index contributed by atoms with van der Waals surface area (Å²) < 4.78 is 5.25. The highest BCUT2D eigenvalue weighted by Crippen LogP contribution is 2.38. The average molecular weight is 240 g/mol. The monoisotopic (exact) mass is 240 g/mol. The molecule has 0 aliphatic heterocycles. The van der Waals surface area contributed by atoms with E-state index in [-0.39, 0.29) is 0 Å². The quantitative estimate of drug-likeness (QED) is 0.763. The van der Waals surface area contributed by atoms with Crippen LogP contribution >= 0.6 is 0 Å². The van der Waals surface area contributed by atoms with Gasteiger partial charge in [-0.3, -0.25) is 5.10 Å². The summed E-state index contributed by atoms with van der Waals surface area (Å²) in [6.07, 6.45) is 4.90. The highest BCUT2D eigenvalue weighted by molar-refractivity contribution is 5.78. The Kier molecular flexibility index (Phi) is 2.00. The number of benzene rings is 1. The topological polar surface area (TPSA) is 67.6 Å². The van der Waals surface area contributed by atoms with Gasteiger partial charge in [0.05, 0.1) is 11.7 Å². The van der Waals surface area contributed by atoms with Crippen molar-refractivity contribution >= 4 is 10.9 Å². The number of hydrogen-bond donors (Lipinski definition) is 1. The van der Waals surface area contributed by atoms with Gasteiger partial charge >= 0.3 is 0 Å². The van der Waals surface area contributed by atoms with Crippen LogP contribution in [0.3, 0.4) is 0 Å². The lowest BCUT2D eigenvalue weighted by atomic mass is 10.1. The Balaban J connectivity index is 1.61. The zero-order chi connectivity index (χ0) is 11.9. The molecule has 1 aliphatic carbocycles. The summed E-state index contributed by atoms with van der Waals surface area (Å²) in [4.78, 5) is 4.43. The molecule has 0 amide bonds. The zero-order valence-corrected chi connectivity index (χ0v) is 9.76. The summed E-state index contributed by atoms with van der Waals surface area (Å²) in [5, 5.41) is 12.1. The first-order valence-corrected chi connectivity index (χ1v) is 6.13. The van der Waals surface area contributed by atoms with Crippen LogP contribution in [0.5, 0.6) is 0 Å². The molecule has 4 rings (SSSR count). The molecular formula is C13H12N4O. The third kappa shape index (κ3) is 1.68. The molecule has 2 heterocycles. The fourth-order valence-corrected chi connectivity index (χ4v) is 2.12. The van der Waals surface area contributed by atoms with Crippen molar-refractivity contribution in [2.24, 2.45) is 0 Å². The molecule has 0 bridgehead atoms. The van der Waals surface area contributed by atoms with Gasteiger partial charge in [-0.2, -0.15) is 10.1 Å². The number of aromatic nitrogens is 4. The van der Waals surface area contributed by atoms with Crippen molar-refractivity contribution in [2.45, 2.75) is 25.2 Å². The number of nitrogens with one attached hydrogen (secondary N) is 1. The molecule has 1 aliphatic rings. The van der Waals surface area contributed by atoms with E-state index in [1.165, 1.54) is 18.4 Å². The van der Waals surface area contributed by atoms with E-state index in [0.29, 0.717) is 12.3 Å². The summed E-state index contributed by atoms with van der Waals surface area (Å²) in [5.41, 5.74) is 2.22. The van der Waals surface area contributed by atoms with E-state index < -0.39 is 0 Å². The Bertz CT molecular complexity index is 696. The van der Waals surface area contributed by atoms with Crippen LogP contribution in [-0.2, 0) is 6.42 Å². The van der Waals surface area contributed by atoms with Crippen LogP contribution in [0.15, 0.2) is 28.9 Å². The number of aromatic amines is 1. The lowest BCUT2D eigenvalue weighted by Gasteiger charge is -1.96. The molecule has 1 saturated carbocycles. The molecule has 3 aromatic rings. The first-order valence-electron chi connectivity index (χ1n) is 6.13. The summed E-state index contributed by atoms with van der Waals surface area (Å²) >= 11 is 0. The van der Waals surface area contributed by atoms with E-state index in [1.54, 1.807) is 0 Å². The average Bonchev–Trinajstić information content (AvgIpc) is 2.95. The summed E-state index contributed by atoms with van der Waals surface area (Å²) in [6.45, 7) is 0. The predicted molar refractivity (Wildman–Crippen MR) is 65.2 cm³/mol. The van der Waals surface area contributed by atoms with Crippen molar-refractivity contribution in [3.8, 4) is 0 Å². The second kappa shape index (κ2) is 3.66. The Hall–Kier alpha value is -2.17. The van der Waals surface area contributed by atoms with Crippen LogP contribution in [0, 0.1) is 0 Å². The molecule has 2 aromatic heterocycles. The normalized spacial score (nSPS) is 15.3. The van der Waals surface area contributed by atoms with Crippen molar-refractivity contribution in [1.29, 1.82) is 0 Å². The van der Waals surface area contributed by atoms with E-state index in [9.17, 15) is 0 Å². The maximum Gasteiger partial charge on any atom is 0.229 e. The van der Waals surface area contributed by atoms with Gasteiger partial charge in [-0.05, 0) is 30.5 Å². The molecule has 0 spiro atoms. The largest absolute Gasteiger partial charge is 0.339 e. The zero-order valence-electron chi connectivity index (χ0n) is 9.76. The molecule has 1 aromatic carbocycles. The third-order valence-corrected chi connectivity index (χ3v) is 3.28. The van der Waals surface area contributed by atoms with Crippen molar-refractivity contribution in [3.63, 3.8) is 0 Å². The molecule has 1 N–H and O–H groups in total. The molecule has 5 heteroatoms. The van der Waals surface area contributed by atoms with Gasteiger partial charge in [0.2, 0.25) is 5.89 Å². The van der Waals surface area contributed by atoms with Gasteiger partial charge in [-0.1, -0.05) is 11.2 Å². The first-order chi connectivity index (χ1) is 8.88. The van der Waals surface area contributed by atoms with E-state index in [4.69, 9.17) is 4.52 Å². The number of nitrogens with zero attached hydrogens (tertiary/aromatic N) is 3. The molecule has 90 valence electrons. The Labute approximate surface area is 103 Å². The van der Waals surface area contributed by atoms with Gasteiger partial charge in [-0.15, -0.1) is 0 Å². The molecule has 0 atom stereocenters. The molecular weight excluding hydrogens is 228 g/mol. The van der Waals surface area contributed by atoms with Crippen LogP contribution in [0.25, 0.3) is 10.9 Å². The minimum atomic E-state index is 0.516. The lowest BCUT2D eigenvalue weighted by molar-refractivity contribution is 0.375. The number of H-pyrrole nitrogens is 1. The standard InChI is InChI=1S/C13H12N4O/c1-4-11-10(7-14-16-11)5-8(1)6-12-15-13(18-17-12)9-2-3-9/h1,4-5,7,9H,2-3,6H2,(H,14,16). The molecule has 1 fully saturated rings. The van der Waals surface area contributed by atoms with Crippen molar-refractivity contribution in [3.05, 3.63) is 41.7 Å². The summed E-state index contributed by atoms with van der Waals surface area (Å²) in [6, 6.07) is 6.19. The van der Waals surface area contributed by atoms with Crippen LogP contribution in [0.4, 0.5) is 0 Å². The molecule has 0 saturated heterocycles. The molecule has 0 radical (unpaired) electrons. The highest BCUT2D eigenvalue weighted by atomic mass is 16.5. The van der Waals surface area contributed by atoms with Gasteiger partial charge in [0.15, 0.2) is 5.82 Å². The second-order valence-electron chi connectivity index (χ2n) is 4.79. The Morgan fingerprint density at radius 3 is 3.17 bits per heavy atom. The minimum absolute atomic E-state index is 0.516. The van der Waals surface area contributed by atoms with Crippen LogP contribution < -0.4 is 0 Å². The van der Waals surface area contributed by atoms with Crippen LogP contribution in [-0.4, -0.2) is 20.3 Å². The fraction of sp³-hybridized carbons (Fsp3) is 0.308. The van der Waals surface area contributed by atoms with Crippen molar-refractivity contribution in [1.82, 2.24) is 20.3 Å². The Morgan fingerprint density at radius 2 is 2.28 bits per heavy atom. The van der Waals surface area contributed by atoms with Gasteiger partial charge in [0.1, 0.15) is 0 Å². The number of fused-ring (bicyclic) bond motifs is 1. The highest BCUT2D eigenvalue weighted by Gasteiger charge is 2.29. The smallest absolute Gasteiger partial charge is 0.229 e. The van der Waals surface area contributed by atoms with Gasteiger partial charge in [0, 0.05) is 17.7 Å². The molecule has 18 heavy (non-hydrogen) atoms. The van der Waals surface area contributed by atoms with E-state index in [2.05, 4.69) is 32.5 Å². The van der Waals surface area contributed by atoms with Crippen LogP contribution in [0.2, 0.25) is 0 Å². The lowest BCUT2D eigenvalue weighted by Crippen LogP contribution is -1.91. The predicted octanol–water partition coefficient (Wildman–Crippen LogP) is 2.41. The van der Waals surface area contributed by atoms with E-state index in [0.717, 1.165) is 22.6 Å². The number of rotatable bonds is 3. The molecule has 5 nitrogen and oxygen atoms in total. The third-order valence-electron chi connectivity index (χ3n) is 3.28. The van der Waals surface area contributed by atoms with Crippen LogP contribution in [0.1, 0.15) is 36.0 Å². The van der Waals surface area contributed by atoms with Crippen molar-refractivity contribution < 1.29 is 4.52 Å². The SMILES string of the molecule is c1cc2[nH]ncc2cc1Cc1noc(C2CC2)n1. The summed E-state index contributed by atoms with van der Waals surface area (Å²) in [7, 11) is 0. The van der Waals surface area contributed by atoms with Crippen molar-refractivity contribution in [2.75, 3.05) is 0 Å². The Morgan fingerprint density at radius 1 is 1.33 bits per heavy atom. The first kappa shape index (κ1) is 9.82. The maximum atomic E-state index is 5.25. The van der Waals surface area contributed by atoms with E-state index >= 15 is 0 Å². The van der Waals surface area contributed by atoms with Gasteiger partial charge in [-0.25, -0.2) is 0 Å². The number of hydrogen-bond acceptors (Lipinski definition) is 4. The van der Waals surface area contributed by atoms with Gasteiger partial charge in [0.25, 0.3) is 0 Å². The summed E-state index contributed by atoms with van der Waals surface area (Å²) in [5.74, 6) is 2.08. The van der Waals surface area contributed by atoms with E-state index in [1.807, 2.05) is 12.3 Å². The molecule has 0 unspecified atom stereocenters. The van der Waals surface area contributed by atoms with Gasteiger partial charge < -0.3 is 4.52 Å². The maximum absolute atomic E-state index is 5.25.